The first-order valence-corrected chi connectivity index (χ1v) is 10.6. The third-order valence-corrected chi connectivity index (χ3v) is 4.82. The van der Waals surface area contributed by atoms with Gasteiger partial charge in [-0.1, -0.05) is 36.4 Å². The lowest BCUT2D eigenvalue weighted by Crippen LogP contribution is -2.30. The van der Waals surface area contributed by atoms with Crippen LogP contribution in [-0.4, -0.2) is 26.2 Å². The summed E-state index contributed by atoms with van der Waals surface area (Å²) in [6, 6.07) is 21.7. The minimum absolute atomic E-state index is 0.464. The van der Waals surface area contributed by atoms with Crippen molar-refractivity contribution in [2.45, 2.75) is 25.4 Å². The number of benzene rings is 2. The Morgan fingerprint density at radius 3 is 2.41 bits per heavy atom. The summed E-state index contributed by atoms with van der Waals surface area (Å²) >= 11 is 0. The first-order chi connectivity index (χ1) is 15.7. The fourth-order valence-electron chi connectivity index (χ4n) is 3.11. The second-order valence-corrected chi connectivity index (χ2v) is 7.15. The number of hydrogen-bond donors (Lipinski definition) is 1. The maximum absolute atomic E-state index is 12.2. The fraction of sp³-hybridized carbons (Fsp3) is 0.280. The molecular formula is C25H28N2O5. The molecule has 3 rings (SSSR count). The van der Waals surface area contributed by atoms with Crippen molar-refractivity contribution in [3.63, 3.8) is 0 Å². The zero-order valence-electron chi connectivity index (χ0n) is 18.1. The van der Waals surface area contributed by atoms with Crippen molar-refractivity contribution in [1.82, 2.24) is 0 Å². The topological polar surface area (TPSA) is 83.7 Å². The highest BCUT2D eigenvalue weighted by molar-refractivity contribution is 5.77. The zero-order chi connectivity index (χ0) is 22.6. The molecule has 0 aliphatic carbocycles. The second kappa shape index (κ2) is 12.2. The van der Waals surface area contributed by atoms with Crippen LogP contribution in [0, 0.1) is 5.21 Å². The van der Waals surface area contributed by atoms with Crippen molar-refractivity contribution in [3.05, 3.63) is 89.8 Å². The number of unbranched alkanes of at least 4 members (excludes halogenated alkanes) is 2. The van der Waals surface area contributed by atoms with E-state index in [0.29, 0.717) is 23.7 Å². The van der Waals surface area contributed by atoms with Crippen LogP contribution in [0.15, 0.2) is 79.0 Å². The molecule has 0 saturated carbocycles. The van der Waals surface area contributed by atoms with Crippen LogP contribution >= 0.6 is 0 Å². The Bertz CT molecular complexity index is 964. The summed E-state index contributed by atoms with van der Waals surface area (Å²) in [5.41, 5.74) is 0.690. The molecular weight excluding hydrogens is 408 g/mol. The van der Waals surface area contributed by atoms with Crippen molar-refractivity contribution in [1.29, 1.82) is 0 Å². The molecule has 1 aromatic heterocycles. The number of carbonyl (C=O) groups is 1. The number of ether oxygens (including phenoxy) is 3. The monoisotopic (exact) mass is 436 g/mol. The molecule has 0 aliphatic heterocycles. The molecule has 1 unspecified atom stereocenters. The van der Waals surface area contributed by atoms with Crippen molar-refractivity contribution in [3.8, 4) is 11.5 Å². The molecule has 7 nitrogen and oxygen atoms in total. The van der Waals surface area contributed by atoms with Crippen LogP contribution in [0.4, 0.5) is 5.82 Å². The average molecular weight is 437 g/mol. The largest absolute Gasteiger partial charge is 0.711 e. The van der Waals surface area contributed by atoms with Gasteiger partial charge in [0.05, 0.1) is 26.5 Å². The summed E-state index contributed by atoms with van der Waals surface area (Å²) in [5.74, 6) is 1.42. The standard InChI is InChI=1S/C25H28N2O5/c1-30-25(28)24(32-22-10-4-2-5-11-22)20-13-15-21(16-14-20)31-19-9-3-7-17-26-23-12-6-8-18-27(23)29/h2,4-6,8,10-16,18,24,26H,3,7,9,17,19H2,1H3. The van der Waals surface area contributed by atoms with E-state index in [1.807, 2.05) is 48.5 Å². The number of hydrogen-bond acceptors (Lipinski definition) is 6. The Morgan fingerprint density at radius 1 is 0.938 bits per heavy atom. The molecule has 7 heteroatoms. The van der Waals surface area contributed by atoms with Crippen molar-refractivity contribution >= 4 is 11.8 Å². The maximum Gasteiger partial charge on any atom is 0.351 e. The van der Waals surface area contributed by atoms with Gasteiger partial charge in [-0.2, -0.15) is 0 Å². The van der Waals surface area contributed by atoms with Gasteiger partial charge in [-0.3, -0.25) is 5.32 Å². The number of nitrogens with one attached hydrogen (secondary N) is 1. The summed E-state index contributed by atoms with van der Waals surface area (Å²) in [6.07, 6.45) is 3.45. The van der Waals surface area contributed by atoms with Crippen LogP contribution < -0.4 is 19.5 Å². The third-order valence-electron chi connectivity index (χ3n) is 4.82. The molecule has 0 saturated heterocycles. The predicted octanol–water partition coefficient (Wildman–Crippen LogP) is 4.27. The summed E-state index contributed by atoms with van der Waals surface area (Å²) in [6.45, 7) is 1.32. The highest BCUT2D eigenvalue weighted by Crippen LogP contribution is 2.25. The number of rotatable bonds is 12. The van der Waals surface area contributed by atoms with Gasteiger partial charge in [-0.05, 0) is 49.6 Å². The van der Waals surface area contributed by atoms with Gasteiger partial charge in [-0.15, -0.1) is 0 Å². The van der Waals surface area contributed by atoms with Crippen LogP contribution in [0.1, 0.15) is 30.9 Å². The molecule has 1 atom stereocenters. The van der Waals surface area contributed by atoms with Gasteiger partial charge in [0.1, 0.15) is 11.5 Å². The normalized spacial score (nSPS) is 11.4. The number of carbonyl (C=O) groups excluding carboxylic acids is 1. The van der Waals surface area contributed by atoms with Gasteiger partial charge in [0.25, 0.3) is 5.82 Å². The molecule has 168 valence electrons. The summed E-state index contributed by atoms with van der Waals surface area (Å²) in [5, 5.41) is 14.7. The number of esters is 1. The molecule has 3 aromatic rings. The number of aromatic nitrogens is 1. The Balaban J connectivity index is 1.41. The van der Waals surface area contributed by atoms with E-state index in [0.717, 1.165) is 36.3 Å². The van der Waals surface area contributed by atoms with Crippen LogP contribution in [-0.2, 0) is 9.53 Å². The van der Waals surface area contributed by atoms with E-state index in [1.165, 1.54) is 13.3 Å². The van der Waals surface area contributed by atoms with E-state index in [9.17, 15) is 10.0 Å². The van der Waals surface area contributed by atoms with E-state index < -0.39 is 12.1 Å². The zero-order valence-corrected chi connectivity index (χ0v) is 18.1. The van der Waals surface area contributed by atoms with Gasteiger partial charge in [-0.25, -0.2) is 9.52 Å². The highest BCUT2D eigenvalue weighted by Gasteiger charge is 2.23. The number of methoxy groups -OCH3 is 1. The Hall–Kier alpha value is -3.74. The van der Waals surface area contributed by atoms with E-state index in [-0.39, 0.29) is 0 Å². The average Bonchev–Trinajstić information content (AvgIpc) is 2.83. The number of anilines is 1. The van der Waals surface area contributed by atoms with Gasteiger partial charge in [0.15, 0.2) is 0 Å². The minimum atomic E-state index is -0.846. The first-order valence-electron chi connectivity index (χ1n) is 10.6. The van der Waals surface area contributed by atoms with Crippen LogP contribution in [0.5, 0.6) is 11.5 Å². The maximum atomic E-state index is 12.2. The third kappa shape index (κ3) is 6.91. The highest BCUT2D eigenvalue weighted by atomic mass is 16.6. The Kier molecular flexibility index (Phi) is 8.74. The predicted molar refractivity (Wildman–Crippen MR) is 122 cm³/mol. The van der Waals surface area contributed by atoms with Crippen molar-refractivity contribution in [2.75, 3.05) is 25.6 Å². The minimum Gasteiger partial charge on any atom is -0.711 e. The molecule has 0 bridgehead atoms. The first kappa shape index (κ1) is 22.9. The smallest absolute Gasteiger partial charge is 0.351 e. The van der Waals surface area contributed by atoms with E-state index in [2.05, 4.69) is 5.32 Å². The lowest BCUT2D eigenvalue weighted by Gasteiger charge is -2.17. The fourth-order valence-corrected chi connectivity index (χ4v) is 3.11. The van der Waals surface area contributed by atoms with Gasteiger partial charge >= 0.3 is 5.97 Å². The molecule has 2 aromatic carbocycles. The van der Waals surface area contributed by atoms with Gasteiger partial charge in [0, 0.05) is 11.6 Å². The van der Waals surface area contributed by atoms with E-state index in [1.54, 1.807) is 24.3 Å². The molecule has 0 amide bonds. The summed E-state index contributed by atoms with van der Waals surface area (Å²) < 4.78 is 17.3. The molecule has 1 heterocycles. The number of pyridine rings is 1. The van der Waals surface area contributed by atoms with Crippen LogP contribution in [0.2, 0.25) is 0 Å². The Labute approximate surface area is 188 Å². The number of para-hydroxylation sites is 1. The second-order valence-electron chi connectivity index (χ2n) is 7.15. The molecule has 32 heavy (non-hydrogen) atoms. The quantitative estimate of drug-likeness (QED) is 0.198. The number of nitrogens with zero attached hydrogens (tertiary/aromatic N) is 1. The van der Waals surface area contributed by atoms with E-state index >= 15 is 0 Å². The summed E-state index contributed by atoms with van der Waals surface area (Å²) in [7, 11) is 1.34. The van der Waals surface area contributed by atoms with Crippen molar-refractivity contribution in [2.24, 2.45) is 0 Å². The molecule has 0 aliphatic rings. The Morgan fingerprint density at radius 2 is 1.69 bits per heavy atom. The van der Waals surface area contributed by atoms with Gasteiger partial charge < -0.3 is 19.4 Å². The molecule has 1 N–H and O–H groups in total. The lowest BCUT2D eigenvalue weighted by molar-refractivity contribution is -0.590. The van der Waals surface area contributed by atoms with E-state index in [4.69, 9.17) is 14.2 Å². The molecule has 0 fully saturated rings. The lowest BCUT2D eigenvalue weighted by atomic mass is 10.1. The molecule has 0 spiro atoms. The van der Waals surface area contributed by atoms with Crippen LogP contribution in [0.3, 0.4) is 0 Å². The van der Waals surface area contributed by atoms with Crippen molar-refractivity contribution < 1.29 is 23.7 Å². The van der Waals surface area contributed by atoms with Gasteiger partial charge in [0.2, 0.25) is 6.10 Å². The molecule has 0 radical (unpaired) electrons. The SMILES string of the molecule is COC(=O)C(Oc1ccccc1)c1ccc(OCCCCCNc2cccc[n+]2[O-])cc1. The summed E-state index contributed by atoms with van der Waals surface area (Å²) in [4.78, 5) is 12.2. The van der Waals surface area contributed by atoms with Crippen LogP contribution in [0.25, 0.3) is 0 Å².